The third kappa shape index (κ3) is 4.57. The molecule has 1 amide bonds. The highest BCUT2D eigenvalue weighted by atomic mass is 32.2. The summed E-state index contributed by atoms with van der Waals surface area (Å²) >= 11 is 0. The van der Waals surface area contributed by atoms with Crippen LogP contribution in [0.5, 0.6) is 0 Å². The summed E-state index contributed by atoms with van der Waals surface area (Å²) in [5.41, 5.74) is 0. The molecular weight excluding hydrogens is 252 g/mol. The third-order valence-corrected chi connectivity index (χ3v) is 4.60. The summed E-state index contributed by atoms with van der Waals surface area (Å²) in [5, 5.41) is 2.96. The Morgan fingerprint density at radius 2 is 2.17 bits per heavy atom. The SMILES string of the molecule is CCC[C@@H](C)NC(=O)[C@H]1CCCN(S(C)(=O)=O)C1. The first kappa shape index (κ1) is 15.4. The van der Waals surface area contributed by atoms with Crippen LogP contribution in [0.4, 0.5) is 0 Å². The van der Waals surface area contributed by atoms with Gasteiger partial charge in [-0.25, -0.2) is 12.7 Å². The van der Waals surface area contributed by atoms with Crippen LogP contribution in [0.3, 0.4) is 0 Å². The van der Waals surface area contributed by atoms with E-state index in [1.807, 2.05) is 6.92 Å². The number of nitrogens with one attached hydrogen (secondary N) is 1. The second kappa shape index (κ2) is 6.52. The van der Waals surface area contributed by atoms with Crippen LogP contribution in [0.1, 0.15) is 39.5 Å². The van der Waals surface area contributed by atoms with Crippen molar-refractivity contribution in [2.75, 3.05) is 19.3 Å². The van der Waals surface area contributed by atoms with E-state index >= 15 is 0 Å². The number of sulfonamides is 1. The van der Waals surface area contributed by atoms with Crippen molar-refractivity contribution in [3.8, 4) is 0 Å². The molecule has 0 aromatic rings. The Kier molecular flexibility index (Phi) is 5.59. The smallest absolute Gasteiger partial charge is 0.224 e. The van der Waals surface area contributed by atoms with Crippen molar-refractivity contribution in [2.45, 2.75) is 45.6 Å². The van der Waals surface area contributed by atoms with Crippen molar-refractivity contribution >= 4 is 15.9 Å². The van der Waals surface area contributed by atoms with Gasteiger partial charge in [0.15, 0.2) is 0 Å². The number of nitrogens with zero attached hydrogens (tertiary/aromatic N) is 1. The lowest BCUT2D eigenvalue weighted by Gasteiger charge is -2.30. The van der Waals surface area contributed by atoms with Crippen LogP contribution in [0.2, 0.25) is 0 Å². The Labute approximate surface area is 110 Å². The molecular formula is C12H24N2O3S. The number of piperidine rings is 1. The van der Waals surface area contributed by atoms with Crippen molar-refractivity contribution in [3.63, 3.8) is 0 Å². The molecule has 5 nitrogen and oxygen atoms in total. The average Bonchev–Trinajstić information content (AvgIpc) is 2.28. The molecule has 1 N–H and O–H groups in total. The first-order chi connectivity index (χ1) is 8.34. The summed E-state index contributed by atoms with van der Waals surface area (Å²) in [5.74, 6) is -0.211. The van der Waals surface area contributed by atoms with Crippen molar-refractivity contribution in [3.05, 3.63) is 0 Å². The molecule has 6 heteroatoms. The summed E-state index contributed by atoms with van der Waals surface area (Å²) in [4.78, 5) is 12.0. The van der Waals surface area contributed by atoms with Gasteiger partial charge in [0.2, 0.25) is 15.9 Å². The highest BCUT2D eigenvalue weighted by Gasteiger charge is 2.30. The zero-order valence-electron chi connectivity index (χ0n) is 11.5. The molecule has 0 aromatic heterocycles. The summed E-state index contributed by atoms with van der Waals surface area (Å²) in [6.45, 7) is 4.92. The van der Waals surface area contributed by atoms with Crippen LogP contribution in [-0.2, 0) is 14.8 Å². The van der Waals surface area contributed by atoms with Crippen LogP contribution >= 0.6 is 0 Å². The van der Waals surface area contributed by atoms with Gasteiger partial charge in [-0.2, -0.15) is 0 Å². The van der Waals surface area contributed by atoms with Crippen LogP contribution in [0.25, 0.3) is 0 Å². The first-order valence-corrected chi connectivity index (χ1v) is 8.45. The zero-order valence-corrected chi connectivity index (χ0v) is 12.3. The lowest BCUT2D eigenvalue weighted by atomic mass is 9.98. The number of carbonyl (C=O) groups is 1. The first-order valence-electron chi connectivity index (χ1n) is 6.60. The Hall–Kier alpha value is -0.620. The molecule has 1 saturated heterocycles. The second-order valence-electron chi connectivity index (χ2n) is 5.16. The average molecular weight is 276 g/mol. The van der Waals surface area contributed by atoms with Crippen molar-refractivity contribution < 1.29 is 13.2 Å². The number of hydrogen-bond acceptors (Lipinski definition) is 3. The minimum atomic E-state index is -3.18. The van der Waals surface area contributed by atoms with E-state index in [0.717, 1.165) is 25.7 Å². The molecule has 1 aliphatic rings. The lowest BCUT2D eigenvalue weighted by Crippen LogP contribution is -2.46. The lowest BCUT2D eigenvalue weighted by molar-refractivity contribution is -0.126. The highest BCUT2D eigenvalue weighted by molar-refractivity contribution is 7.88. The Morgan fingerprint density at radius 3 is 2.72 bits per heavy atom. The van der Waals surface area contributed by atoms with Crippen molar-refractivity contribution in [1.82, 2.24) is 9.62 Å². The molecule has 0 saturated carbocycles. The van der Waals surface area contributed by atoms with E-state index < -0.39 is 10.0 Å². The number of rotatable bonds is 5. The minimum absolute atomic E-state index is 0.00991. The molecule has 1 fully saturated rings. The van der Waals surface area contributed by atoms with Gasteiger partial charge in [0.25, 0.3) is 0 Å². The predicted molar refractivity (Wildman–Crippen MR) is 71.7 cm³/mol. The minimum Gasteiger partial charge on any atom is -0.353 e. The van der Waals surface area contributed by atoms with Gasteiger partial charge in [-0.1, -0.05) is 13.3 Å². The fourth-order valence-electron chi connectivity index (χ4n) is 2.32. The molecule has 1 aliphatic heterocycles. The zero-order chi connectivity index (χ0) is 13.8. The summed E-state index contributed by atoms with van der Waals surface area (Å²) in [6.07, 6.45) is 4.72. The fourth-order valence-corrected chi connectivity index (χ4v) is 3.24. The second-order valence-corrected chi connectivity index (χ2v) is 7.14. The molecule has 2 atom stereocenters. The number of hydrogen-bond donors (Lipinski definition) is 1. The normalized spacial score (nSPS) is 23.6. The molecule has 18 heavy (non-hydrogen) atoms. The van der Waals surface area contributed by atoms with Gasteiger partial charge in [-0.15, -0.1) is 0 Å². The molecule has 1 rings (SSSR count). The van der Waals surface area contributed by atoms with E-state index in [-0.39, 0.29) is 17.9 Å². The standard InChI is InChI=1S/C12H24N2O3S/c1-4-6-10(2)13-12(15)11-7-5-8-14(9-11)18(3,16)17/h10-11H,4-9H2,1-3H3,(H,13,15)/t10-,11+/m1/s1. The van der Waals surface area contributed by atoms with Crippen molar-refractivity contribution in [2.24, 2.45) is 5.92 Å². The topological polar surface area (TPSA) is 66.5 Å². The van der Waals surface area contributed by atoms with E-state index in [1.54, 1.807) is 0 Å². The molecule has 1 heterocycles. The quantitative estimate of drug-likeness (QED) is 0.813. The molecule has 0 aromatic carbocycles. The molecule has 106 valence electrons. The van der Waals surface area contributed by atoms with Crippen LogP contribution in [-0.4, -0.2) is 44.0 Å². The monoisotopic (exact) mass is 276 g/mol. The van der Waals surface area contributed by atoms with Gasteiger partial charge in [0.1, 0.15) is 0 Å². The predicted octanol–water partition coefficient (Wildman–Crippen LogP) is 0.963. The Bertz CT molecular complexity index is 381. The number of amides is 1. The van der Waals surface area contributed by atoms with Crippen molar-refractivity contribution in [1.29, 1.82) is 0 Å². The van der Waals surface area contributed by atoms with E-state index in [1.165, 1.54) is 10.6 Å². The van der Waals surface area contributed by atoms with Crippen LogP contribution < -0.4 is 5.32 Å². The van der Waals surface area contributed by atoms with Crippen LogP contribution in [0.15, 0.2) is 0 Å². The third-order valence-electron chi connectivity index (χ3n) is 3.33. The molecule has 0 bridgehead atoms. The van der Waals surface area contributed by atoms with E-state index in [0.29, 0.717) is 13.1 Å². The maximum atomic E-state index is 12.0. The summed E-state index contributed by atoms with van der Waals surface area (Å²) in [6, 6.07) is 0.163. The van der Waals surface area contributed by atoms with Gasteiger partial charge in [-0.3, -0.25) is 4.79 Å². The van der Waals surface area contributed by atoms with E-state index in [4.69, 9.17) is 0 Å². The summed E-state index contributed by atoms with van der Waals surface area (Å²) < 4.78 is 24.4. The van der Waals surface area contributed by atoms with E-state index in [9.17, 15) is 13.2 Å². The molecule has 0 aliphatic carbocycles. The number of carbonyl (C=O) groups excluding carboxylic acids is 1. The Morgan fingerprint density at radius 1 is 1.50 bits per heavy atom. The van der Waals surface area contributed by atoms with Gasteiger partial charge in [0, 0.05) is 19.1 Å². The summed E-state index contributed by atoms with van der Waals surface area (Å²) in [7, 11) is -3.18. The van der Waals surface area contributed by atoms with Gasteiger partial charge < -0.3 is 5.32 Å². The van der Waals surface area contributed by atoms with E-state index in [2.05, 4.69) is 12.2 Å². The fraction of sp³-hybridized carbons (Fsp3) is 0.917. The molecule has 0 radical (unpaired) electrons. The molecule has 0 spiro atoms. The maximum Gasteiger partial charge on any atom is 0.224 e. The van der Waals surface area contributed by atoms with Gasteiger partial charge >= 0.3 is 0 Å². The largest absolute Gasteiger partial charge is 0.353 e. The van der Waals surface area contributed by atoms with Crippen LogP contribution in [0, 0.1) is 5.92 Å². The maximum absolute atomic E-state index is 12.0. The Balaban J connectivity index is 2.53. The van der Waals surface area contributed by atoms with Gasteiger partial charge in [0.05, 0.1) is 12.2 Å². The highest BCUT2D eigenvalue weighted by Crippen LogP contribution is 2.19. The molecule has 0 unspecified atom stereocenters. The van der Waals surface area contributed by atoms with Gasteiger partial charge in [-0.05, 0) is 26.2 Å².